The molecule has 0 aromatic heterocycles. The van der Waals surface area contributed by atoms with Crippen LogP contribution in [0.5, 0.6) is 0 Å². The maximum Gasteiger partial charge on any atom is 0.193 e. The van der Waals surface area contributed by atoms with Crippen molar-refractivity contribution >= 4 is 23.4 Å². The molecular formula is C13H21N3S. The Hall–Kier alpha value is -1.16. The number of hydrogen-bond donors (Lipinski definition) is 2. The van der Waals surface area contributed by atoms with Gasteiger partial charge in [0.15, 0.2) is 5.96 Å². The summed E-state index contributed by atoms with van der Waals surface area (Å²) in [5.41, 5.74) is 8.04. The van der Waals surface area contributed by atoms with Crippen molar-refractivity contribution in [2.45, 2.75) is 25.5 Å². The van der Waals surface area contributed by atoms with Crippen LogP contribution in [0.1, 0.15) is 19.4 Å². The highest BCUT2D eigenvalue weighted by molar-refractivity contribution is 7.99. The van der Waals surface area contributed by atoms with Crippen molar-refractivity contribution in [3.63, 3.8) is 0 Å². The van der Waals surface area contributed by atoms with Crippen molar-refractivity contribution in [2.24, 2.45) is 10.7 Å². The van der Waals surface area contributed by atoms with Crippen molar-refractivity contribution in [1.82, 2.24) is 0 Å². The lowest BCUT2D eigenvalue weighted by atomic mass is 10.2. The highest BCUT2D eigenvalue weighted by Crippen LogP contribution is 2.21. The van der Waals surface area contributed by atoms with Crippen molar-refractivity contribution in [3.05, 3.63) is 29.8 Å². The molecule has 0 spiro atoms. The van der Waals surface area contributed by atoms with E-state index in [-0.39, 0.29) is 4.75 Å². The molecule has 0 aliphatic heterocycles. The van der Waals surface area contributed by atoms with Gasteiger partial charge in [0, 0.05) is 10.4 Å². The topological polar surface area (TPSA) is 50.4 Å². The van der Waals surface area contributed by atoms with Crippen molar-refractivity contribution in [2.75, 3.05) is 18.1 Å². The van der Waals surface area contributed by atoms with E-state index in [9.17, 15) is 0 Å². The largest absolute Gasteiger partial charge is 0.370 e. The van der Waals surface area contributed by atoms with Gasteiger partial charge in [-0.05, 0) is 39.2 Å². The number of guanidine groups is 1. The summed E-state index contributed by atoms with van der Waals surface area (Å²) in [5.74, 6) is 0.468. The zero-order valence-corrected chi connectivity index (χ0v) is 11.8. The van der Waals surface area contributed by atoms with E-state index < -0.39 is 0 Å². The Morgan fingerprint density at radius 3 is 2.47 bits per heavy atom. The Morgan fingerprint density at radius 1 is 1.35 bits per heavy atom. The highest BCUT2D eigenvalue weighted by Gasteiger charge is 2.14. The molecule has 0 bridgehead atoms. The molecule has 0 saturated carbocycles. The van der Waals surface area contributed by atoms with E-state index in [2.05, 4.69) is 37.3 Å². The molecule has 1 rings (SSSR count). The number of nitrogens with two attached hydrogens (primary N) is 1. The molecular weight excluding hydrogens is 230 g/mol. The Labute approximate surface area is 108 Å². The van der Waals surface area contributed by atoms with E-state index in [1.165, 1.54) is 5.56 Å². The van der Waals surface area contributed by atoms with Gasteiger partial charge < -0.3 is 11.1 Å². The van der Waals surface area contributed by atoms with Gasteiger partial charge in [0.25, 0.3) is 0 Å². The molecule has 0 saturated heterocycles. The number of benzene rings is 1. The lowest BCUT2D eigenvalue weighted by Crippen LogP contribution is -2.27. The number of nitrogens with one attached hydrogen (secondary N) is 1. The van der Waals surface area contributed by atoms with Crippen LogP contribution in [0.3, 0.4) is 0 Å². The van der Waals surface area contributed by atoms with Gasteiger partial charge >= 0.3 is 0 Å². The van der Waals surface area contributed by atoms with Crippen LogP contribution in [0, 0.1) is 6.92 Å². The molecule has 0 unspecified atom stereocenters. The lowest BCUT2D eigenvalue weighted by molar-refractivity contribution is 0.726. The summed E-state index contributed by atoms with van der Waals surface area (Å²) in [4.78, 5) is 4.35. The maximum absolute atomic E-state index is 5.84. The molecule has 0 aliphatic rings. The minimum absolute atomic E-state index is 0.125. The molecule has 0 heterocycles. The van der Waals surface area contributed by atoms with Gasteiger partial charge in [-0.3, -0.25) is 4.99 Å². The predicted molar refractivity (Wildman–Crippen MR) is 78.9 cm³/mol. The molecule has 4 heteroatoms. The Balaban J connectivity index is 2.57. The van der Waals surface area contributed by atoms with Crippen LogP contribution in [-0.2, 0) is 0 Å². The second kappa shape index (κ2) is 5.96. The van der Waals surface area contributed by atoms with Gasteiger partial charge in [-0.2, -0.15) is 11.8 Å². The van der Waals surface area contributed by atoms with Crippen LogP contribution in [0.25, 0.3) is 0 Å². The molecule has 0 aliphatic carbocycles. The van der Waals surface area contributed by atoms with Crippen LogP contribution >= 0.6 is 11.8 Å². The molecule has 1 aromatic rings. The van der Waals surface area contributed by atoms with Crippen molar-refractivity contribution in [1.29, 1.82) is 0 Å². The van der Waals surface area contributed by atoms with E-state index in [1.807, 2.05) is 24.3 Å². The third-order valence-corrected chi connectivity index (χ3v) is 3.74. The SMILES string of the molecule is CSC(C)(C)CN=C(N)Nc1ccc(C)cc1. The van der Waals surface area contributed by atoms with E-state index >= 15 is 0 Å². The summed E-state index contributed by atoms with van der Waals surface area (Å²) in [6.45, 7) is 7.07. The Morgan fingerprint density at radius 2 is 1.94 bits per heavy atom. The average Bonchev–Trinajstić information content (AvgIpc) is 2.30. The third-order valence-electron chi connectivity index (χ3n) is 2.51. The molecule has 1 aromatic carbocycles. The minimum atomic E-state index is 0.125. The van der Waals surface area contributed by atoms with Gasteiger partial charge in [0.2, 0.25) is 0 Å². The lowest BCUT2D eigenvalue weighted by Gasteiger charge is -2.19. The van der Waals surface area contributed by atoms with Crippen molar-refractivity contribution < 1.29 is 0 Å². The predicted octanol–water partition coefficient (Wildman–Crippen LogP) is 2.86. The van der Waals surface area contributed by atoms with E-state index in [4.69, 9.17) is 5.73 Å². The minimum Gasteiger partial charge on any atom is -0.370 e. The van der Waals surface area contributed by atoms with Crippen molar-refractivity contribution in [3.8, 4) is 0 Å². The van der Waals surface area contributed by atoms with Crippen LogP contribution < -0.4 is 11.1 Å². The van der Waals surface area contributed by atoms with Gasteiger partial charge in [-0.15, -0.1) is 0 Å². The molecule has 0 amide bonds. The third kappa shape index (κ3) is 5.13. The molecule has 0 fully saturated rings. The fourth-order valence-corrected chi connectivity index (χ4v) is 1.36. The first-order chi connectivity index (χ1) is 7.93. The second-order valence-corrected chi connectivity index (χ2v) is 6.17. The van der Waals surface area contributed by atoms with Crippen LogP contribution in [0.4, 0.5) is 5.69 Å². The summed E-state index contributed by atoms with van der Waals surface area (Å²) >= 11 is 1.79. The highest BCUT2D eigenvalue weighted by atomic mass is 32.2. The van der Waals surface area contributed by atoms with Gasteiger partial charge in [0.1, 0.15) is 0 Å². The first-order valence-electron chi connectivity index (χ1n) is 5.62. The number of thioether (sulfide) groups is 1. The molecule has 3 N–H and O–H groups in total. The number of nitrogens with zero attached hydrogens (tertiary/aromatic N) is 1. The van der Waals surface area contributed by atoms with E-state index in [1.54, 1.807) is 11.8 Å². The first kappa shape index (κ1) is 13.9. The fourth-order valence-electron chi connectivity index (χ4n) is 1.16. The van der Waals surface area contributed by atoms with Crippen LogP contribution in [0.15, 0.2) is 29.3 Å². The zero-order chi connectivity index (χ0) is 12.9. The monoisotopic (exact) mass is 251 g/mol. The molecule has 3 nitrogen and oxygen atoms in total. The quantitative estimate of drug-likeness (QED) is 0.639. The van der Waals surface area contributed by atoms with Crippen LogP contribution in [0.2, 0.25) is 0 Å². The summed E-state index contributed by atoms with van der Waals surface area (Å²) in [6, 6.07) is 8.08. The number of anilines is 1. The first-order valence-corrected chi connectivity index (χ1v) is 6.84. The molecule has 94 valence electrons. The number of rotatable bonds is 4. The smallest absolute Gasteiger partial charge is 0.193 e. The summed E-state index contributed by atoms with van der Waals surface area (Å²) < 4.78 is 0.125. The van der Waals surface area contributed by atoms with Gasteiger partial charge in [0.05, 0.1) is 6.54 Å². The molecule has 0 radical (unpaired) electrons. The molecule has 17 heavy (non-hydrogen) atoms. The average molecular weight is 251 g/mol. The van der Waals surface area contributed by atoms with Gasteiger partial charge in [-0.25, -0.2) is 0 Å². The maximum atomic E-state index is 5.84. The molecule has 0 atom stereocenters. The van der Waals surface area contributed by atoms with E-state index in [0.717, 1.165) is 5.69 Å². The number of aliphatic imine (C=N–C) groups is 1. The normalized spacial score (nSPS) is 12.6. The summed E-state index contributed by atoms with van der Waals surface area (Å²) in [7, 11) is 0. The standard InChI is InChI=1S/C13H21N3S/c1-10-5-7-11(8-6-10)16-12(14)15-9-13(2,3)17-4/h5-8H,9H2,1-4H3,(H3,14,15,16). The zero-order valence-electron chi connectivity index (χ0n) is 10.9. The Kier molecular flexibility index (Phi) is 4.87. The van der Waals surface area contributed by atoms with E-state index in [0.29, 0.717) is 12.5 Å². The van der Waals surface area contributed by atoms with Crippen LogP contribution in [-0.4, -0.2) is 23.5 Å². The number of aryl methyl sites for hydroxylation is 1. The summed E-state index contributed by atoms with van der Waals surface area (Å²) in [6.07, 6.45) is 2.08. The Bertz CT molecular complexity index is 382. The number of hydrogen-bond acceptors (Lipinski definition) is 2. The van der Waals surface area contributed by atoms with Gasteiger partial charge in [-0.1, -0.05) is 17.7 Å². The fraction of sp³-hybridized carbons (Fsp3) is 0.462. The summed E-state index contributed by atoms with van der Waals surface area (Å²) in [5, 5.41) is 3.08. The second-order valence-electron chi connectivity index (χ2n) is 4.66.